The summed E-state index contributed by atoms with van der Waals surface area (Å²) in [5.74, 6) is 0.644. The van der Waals surface area contributed by atoms with Crippen LogP contribution in [0, 0.1) is 6.92 Å². The predicted octanol–water partition coefficient (Wildman–Crippen LogP) is 0.989. The molecule has 1 spiro atoms. The fourth-order valence-corrected chi connectivity index (χ4v) is 3.95. The second-order valence-corrected chi connectivity index (χ2v) is 6.70. The summed E-state index contributed by atoms with van der Waals surface area (Å²) >= 11 is 0. The molecule has 0 saturated carbocycles. The van der Waals surface area contributed by atoms with E-state index < -0.39 is 0 Å². The molecule has 1 aliphatic heterocycles. The molecular formula is C17H19N5O2. The summed E-state index contributed by atoms with van der Waals surface area (Å²) in [4.78, 5) is 41.2. The zero-order valence-electron chi connectivity index (χ0n) is 13.6. The van der Waals surface area contributed by atoms with Crippen LogP contribution in [0.1, 0.15) is 46.8 Å². The molecule has 7 heteroatoms. The molecule has 0 radical (unpaired) electrons. The van der Waals surface area contributed by atoms with Crippen molar-refractivity contribution < 1.29 is 4.79 Å². The number of carbonyl (C=O) groups excluding carboxylic acids is 1. The molecule has 1 fully saturated rings. The highest BCUT2D eigenvalue weighted by atomic mass is 16.2. The van der Waals surface area contributed by atoms with Gasteiger partial charge in [-0.05, 0) is 38.2 Å². The number of aromatic nitrogens is 4. The molecule has 1 saturated heterocycles. The minimum absolute atomic E-state index is 0.0703. The summed E-state index contributed by atoms with van der Waals surface area (Å²) in [7, 11) is 0. The first kappa shape index (κ1) is 15.0. The molecule has 1 amide bonds. The van der Waals surface area contributed by atoms with Crippen molar-refractivity contribution in [2.24, 2.45) is 0 Å². The summed E-state index contributed by atoms with van der Waals surface area (Å²) in [6.45, 7) is 3.26. The van der Waals surface area contributed by atoms with E-state index in [0.717, 1.165) is 43.4 Å². The largest absolute Gasteiger partial charge is 0.336 e. The average Bonchev–Trinajstić information content (AvgIpc) is 2.92. The molecule has 2 aliphatic rings. The first-order chi connectivity index (χ1) is 11.6. The number of piperidine rings is 1. The molecule has 3 heterocycles. The number of nitrogens with one attached hydrogen (secondary N) is 1. The Kier molecular flexibility index (Phi) is 3.44. The van der Waals surface area contributed by atoms with Gasteiger partial charge in [-0.3, -0.25) is 9.59 Å². The van der Waals surface area contributed by atoms with Gasteiger partial charge in [-0.1, -0.05) is 0 Å². The Bertz CT molecular complexity index is 838. The van der Waals surface area contributed by atoms with Gasteiger partial charge >= 0.3 is 0 Å². The number of nitrogens with zero attached hydrogens (tertiary/aromatic N) is 4. The maximum Gasteiger partial charge on any atom is 0.273 e. The van der Waals surface area contributed by atoms with Crippen molar-refractivity contribution in [3.05, 3.63) is 51.7 Å². The highest BCUT2D eigenvalue weighted by molar-refractivity contribution is 5.92. The van der Waals surface area contributed by atoms with Crippen molar-refractivity contribution in [1.29, 1.82) is 0 Å². The average molecular weight is 325 g/mol. The molecule has 7 nitrogen and oxygen atoms in total. The minimum atomic E-state index is -0.307. The molecular weight excluding hydrogens is 306 g/mol. The van der Waals surface area contributed by atoms with Crippen LogP contribution in [-0.4, -0.2) is 43.8 Å². The fraction of sp³-hybridized carbons (Fsp3) is 0.471. The number of amides is 1. The first-order valence-corrected chi connectivity index (χ1v) is 8.24. The van der Waals surface area contributed by atoms with Crippen molar-refractivity contribution in [2.75, 3.05) is 13.1 Å². The van der Waals surface area contributed by atoms with Gasteiger partial charge < -0.3 is 9.88 Å². The Morgan fingerprint density at radius 2 is 2.17 bits per heavy atom. The van der Waals surface area contributed by atoms with Crippen molar-refractivity contribution in [3.63, 3.8) is 0 Å². The third-order valence-electron chi connectivity index (χ3n) is 5.12. The summed E-state index contributed by atoms with van der Waals surface area (Å²) in [6.07, 6.45) is 8.42. The third kappa shape index (κ3) is 2.40. The SMILES string of the molecule is Cc1ncc2c(n1)C1(CCCN(C(=O)c3c[nH]c(=O)cn3)C1)CC2. The lowest BCUT2D eigenvalue weighted by atomic mass is 9.77. The van der Waals surface area contributed by atoms with E-state index in [9.17, 15) is 9.59 Å². The van der Waals surface area contributed by atoms with Gasteiger partial charge in [0.2, 0.25) is 0 Å². The number of aryl methyl sites for hydroxylation is 2. The number of carbonyl (C=O) groups is 1. The lowest BCUT2D eigenvalue weighted by molar-refractivity contribution is 0.0627. The monoisotopic (exact) mass is 325 g/mol. The van der Waals surface area contributed by atoms with Crippen LogP contribution in [0.25, 0.3) is 0 Å². The second-order valence-electron chi connectivity index (χ2n) is 6.70. The van der Waals surface area contributed by atoms with E-state index in [-0.39, 0.29) is 22.6 Å². The molecule has 1 aliphatic carbocycles. The topological polar surface area (TPSA) is 91.8 Å². The molecule has 4 rings (SSSR count). The van der Waals surface area contributed by atoms with Crippen LogP contribution >= 0.6 is 0 Å². The zero-order valence-corrected chi connectivity index (χ0v) is 13.6. The van der Waals surface area contributed by atoms with Crippen molar-refractivity contribution in [1.82, 2.24) is 24.8 Å². The summed E-state index contributed by atoms with van der Waals surface area (Å²) in [6, 6.07) is 0. The van der Waals surface area contributed by atoms with Crippen LogP contribution < -0.4 is 5.56 Å². The van der Waals surface area contributed by atoms with Gasteiger partial charge in [0, 0.05) is 30.9 Å². The van der Waals surface area contributed by atoms with Crippen LogP contribution in [-0.2, 0) is 11.8 Å². The van der Waals surface area contributed by atoms with E-state index in [0.29, 0.717) is 13.1 Å². The van der Waals surface area contributed by atoms with Gasteiger partial charge in [-0.25, -0.2) is 15.0 Å². The standard InChI is InChI=1S/C17H19N5O2/c1-11-18-7-12-3-5-17(15(12)21-11)4-2-6-22(10-17)16(24)13-8-20-14(23)9-19-13/h7-9H,2-6,10H2,1H3,(H,20,23). The summed E-state index contributed by atoms with van der Waals surface area (Å²) in [5.41, 5.74) is 2.22. The molecule has 0 aromatic carbocycles. The molecule has 24 heavy (non-hydrogen) atoms. The molecule has 1 atom stereocenters. The maximum atomic E-state index is 12.7. The zero-order chi connectivity index (χ0) is 16.7. The fourth-order valence-electron chi connectivity index (χ4n) is 3.95. The van der Waals surface area contributed by atoms with Gasteiger partial charge in [0.05, 0.1) is 11.9 Å². The van der Waals surface area contributed by atoms with Crippen molar-refractivity contribution in [3.8, 4) is 0 Å². The Balaban J connectivity index is 1.63. The van der Waals surface area contributed by atoms with Gasteiger partial charge in [0.25, 0.3) is 11.5 Å². The number of H-pyrrole nitrogens is 1. The van der Waals surface area contributed by atoms with E-state index in [1.807, 2.05) is 18.0 Å². The maximum absolute atomic E-state index is 12.7. The smallest absolute Gasteiger partial charge is 0.273 e. The van der Waals surface area contributed by atoms with Crippen LogP contribution in [0.5, 0.6) is 0 Å². The normalized spacial score (nSPS) is 22.6. The predicted molar refractivity (Wildman–Crippen MR) is 86.8 cm³/mol. The summed E-state index contributed by atoms with van der Waals surface area (Å²) in [5, 5.41) is 0. The van der Waals surface area contributed by atoms with Crippen LogP contribution in [0.4, 0.5) is 0 Å². The van der Waals surface area contributed by atoms with E-state index >= 15 is 0 Å². The van der Waals surface area contributed by atoms with Gasteiger partial charge in [0.15, 0.2) is 0 Å². The number of rotatable bonds is 1. The van der Waals surface area contributed by atoms with Gasteiger partial charge in [0.1, 0.15) is 11.5 Å². The molecule has 1 unspecified atom stereocenters. The molecule has 124 valence electrons. The summed E-state index contributed by atoms with van der Waals surface area (Å²) < 4.78 is 0. The second kappa shape index (κ2) is 5.51. The first-order valence-electron chi connectivity index (χ1n) is 8.24. The van der Waals surface area contributed by atoms with Crippen molar-refractivity contribution >= 4 is 5.91 Å². The van der Waals surface area contributed by atoms with Gasteiger partial charge in [-0.2, -0.15) is 0 Å². The van der Waals surface area contributed by atoms with Crippen LogP contribution in [0.2, 0.25) is 0 Å². The van der Waals surface area contributed by atoms with Crippen molar-refractivity contribution in [2.45, 2.75) is 38.0 Å². The molecule has 2 aromatic rings. The number of fused-ring (bicyclic) bond motifs is 2. The Morgan fingerprint density at radius 3 is 2.96 bits per heavy atom. The Labute approximate surface area is 139 Å². The van der Waals surface area contributed by atoms with E-state index in [1.54, 1.807) is 0 Å². The van der Waals surface area contributed by atoms with Gasteiger partial charge in [-0.15, -0.1) is 0 Å². The molecule has 1 N–H and O–H groups in total. The molecule has 2 aromatic heterocycles. The lowest BCUT2D eigenvalue weighted by Crippen LogP contribution is -2.48. The lowest BCUT2D eigenvalue weighted by Gasteiger charge is -2.40. The minimum Gasteiger partial charge on any atom is -0.336 e. The highest BCUT2D eigenvalue weighted by Gasteiger charge is 2.44. The van der Waals surface area contributed by atoms with Crippen LogP contribution in [0.3, 0.4) is 0 Å². The quantitative estimate of drug-likeness (QED) is 0.844. The highest BCUT2D eigenvalue weighted by Crippen LogP contribution is 2.43. The number of hydrogen-bond donors (Lipinski definition) is 1. The Hall–Kier alpha value is -2.57. The third-order valence-corrected chi connectivity index (χ3v) is 5.12. The number of hydrogen-bond acceptors (Lipinski definition) is 5. The number of likely N-dealkylation sites (tertiary alicyclic amines) is 1. The van der Waals surface area contributed by atoms with E-state index in [2.05, 4.69) is 15.0 Å². The van der Waals surface area contributed by atoms with E-state index in [1.165, 1.54) is 11.8 Å². The Morgan fingerprint density at radius 1 is 1.29 bits per heavy atom. The number of aromatic amines is 1. The van der Waals surface area contributed by atoms with E-state index in [4.69, 9.17) is 4.98 Å². The van der Waals surface area contributed by atoms with Crippen LogP contribution in [0.15, 0.2) is 23.4 Å². The molecule has 0 bridgehead atoms.